The van der Waals surface area contributed by atoms with Crippen molar-refractivity contribution in [3.63, 3.8) is 0 Å². The van der Waals surface area contributed by atoms with Gasteiger partial charge in [0.15, 0.2) is 0 Å². The van der Waals surface area contributed by atoms with Crippen LogP contribution in [0.3, 0.4) is 0 Å². The van der Waals surface area contributed by atoms with Crippen molar-refractivity contribution < 1.29 is 4.74 Å². The Bertz CT molecular complexity index is 529. The number of nitrogens with zero attached hydrogens (tertiary/aromatic N) is 1. The second kappa shape index (κ2) is 5.39. The summed E-state index contributed by atoms with van der Waals surface area (Å²) in [6.07, 6.45) is 1.69. The van der Waals surface area contributed by atoms with Gasteiger partial charge in [0.1, 0.15) is 0 Å². The Hall–Kier alpha value is -1.25. The van der Waals surface area contributed by atoms with Crippen molar-refractivity contribution in [2.75, 3.05) is 6.61 Å². The fourth-order valence-corrected chi connectivity index (χ4v) is 1.96. The average Bonchev–Trinajstić information content (AvgIpc) is 2.34. The molecule has 2 aromatic rings. The van der Waals surface area contributed by atoms with Gasteiger partial charge in [0.25, 0.3) is 0 Å². The van der Waals surface area contributed by atoms with Gasteiger partial charge in [-0.3, -0.25) is 0 Å². The third-order valence-corrected chi connectivity index (χ3v) is 3.11. The van der Waals surface area contributed by atoms with E-state index in [-0.39, 0.29) is 0 Å². The topological polar surface area (TPSA) is 22.1 Å². The Balaban J connectivity index is 2.56. The van der Waals surface area contributed by atoms with E-state index in [4.69, 9.17) is 27.9 Å². The molecule has 0 atom stereocenters. The van der Waals surface area contributed by atoms with Gasteiger partial charge >= 0.3 is 0 Å². The lowest BCUT2D eigenvalue weighted by molar-refractivity contribution is 0.328. The molecular formula is C13H11Cl2NO. The Kier molecular flexibility index (Phi) is 3.87. The van der Waals surface area contributed by atoms with Gasteiger partial charge in [-0.25, -0.2) is 4.98 Å². The number of hydrogen-bond acceptors (Lipinski definition) is 2. The molecule has 0 N–H and O–H groups in total. The van der Waals surface area contributed by atoms with Gasteiger partial charge in [-0.2, -0.15) is 0 Å². The second-order valence-corrected chi connectivity index (χ2v) is 4.18. The maximum absolute atomic E-state index is 6.18. The molecule has 0 aliphatic rings. The van der Waals surface area contributed by atoms with Crippen molar-refractivity contribution in [1.82, 2.24) is 4.98 Å². The lowest BCUT2D eigenvalue weighted by Gasteiger charge is -2.10. The van der Waals surface area contributed by atoms with Crippen LogP contribution in [0.1, 0.15) is 6.92 Å². The normalized spacial score (nSPS) is 10.3. The first-order valence-electron chi connectivity index (χ1n) is 5.26. The van der Waals surface area contributed by atoms with Crippen LogP contribution in [0, 0.1) is 0 Å². The van der Waals surface area contributed by atoms with Crippen LogP contribution in [-0.4, -0.2) is 11.6 Å². The molecule has 0 spiro atoms. The summed E-state index contributed by atoms with van der Waals surface area (Å²) in [7, 11) is 0. The summed E-state index contributed by atoms with van der Waals surface area (Å²) in [6.45, 7) is 2.47. The monoisotopic (exact) mass is 267 g/mol. The van der Waals surface area contributed by atoms with Crippen LogP contribution < -0.4 is 4.74 Å². The van der Waals surface area contributed by atoms with Gasteiger partial charge in [0.05, 0.1) is 16.7 Å². The number of rotatable bonds is 3. The molecule has 0 amide bonds. The molecule has 0 aliphatic carbocycles. The molecule has 0 unspecified atom stereocenters. The summed E-state index contributed by atoms with van der Waals surface area (Å²) in [6, 6.07) is 9.26. The lowest BCUT2D eigenvalue weighted by atomic mass is 10.1. The highest BCUT2D eigenvalue weighted by Crippen LogP contribution is 2.36. The standard InChI is InChI=1S/C13H11Cl2NO/c1-2-17-13-10(6-4-8-16-13)9-5-3-7-11(14)12(9)15/h3-8H,2H2,1H3. The molecule has 0 aliphatic heterocycles. The van der Waals surface area contributed by atoms with Gasteiger partial charge in [0.2, 0.25) is 5.88 Å². The van der Waals surface area contributed by atoms with E-state index < -0.39 is 0 Å². The van der Waals surface area contributed by atoms with E-state index in [0.717, 1.165) is 11.1 Å². The van der Waals surface area contributed by atoms with Gasteiger partial charge in [-0.1, -0.05) is 35.3 Å². The third-order valence-electron chi connectivity index (χ3n) is 2.29. The summed E-state index contributed by atoms with van der Waals surface area (Å²) < 4.78 is 5.47. The first kappa shape index (κ1) is 12.2. The molecule has 0 saturated carbocycles. The number of hydrogen-bond donors (Lipinski definition) is 0. The van der Waals surface area contributed by atoms with E-state index in [0.29, 0.717) is 22.5 Å². The number of pyridine rings is 1. The zero-order chi connectivity index (χ0) is 12.3. The predicted molar refractivity (Wildman–Crippen MR) is 70.9 cm³/mol. The SMILES string of the molecule is CCOc1ncccc1-c1cccc(Cl)c1Cl. The molecule has 1 aromatic carbocycles. The Morgan fingerprint density at radius 1 is 1.12 bits per heavy atom. The maximum atomic E-state index is 6.18. The summed E-state index contributed by atoms with van der Waals surface area (Å²) in [5.41, 5.74) is 1.68. The Morgan fingerprint density at radius 3 is 2.65 bits per heavy atom. The van der Waals surface area contributed by atoms with Crippen LogP contribution in [0.2, 0.25) is 10.0 Å². The minimum absolute atomic E-state index is 0.517. The number of benzene rings is 1. The van der Waals surface area contributed by atoms with Crippen molar-refractivity contribution in [3.8, 4) is 17.0 Å². The molecule has 17 heavy (non-hydrogen) atoms. The molecule has 88 valence electrons. The zero-order valence-corrected chi connectivity index (χ0v) is 10.8. The van der Waals surface area contributed by atoms with Gasteiger partial charge in [-0.05, 0) is 25.1 Å². The van der Waals surface area contributed by atoms with E-state index in [1.807, 2.05) is 31.2 Å². The summed E-state index contributed by atoms with van der Waals surface area (Å²) in [5, 5.41) is 1.04. The van der Waals surface area contributed by atoms with Gasteiger partial charge < -0.3 is 4.74 Å². The third kappa shape index (κ3) is 2.54. The zero-order valence-electron chi connectivity index (χ0n) is 9.28. The van der Waals surface area contributed by atoms with Crippen LogP contribution in [0.4, 0.5) is 0 Å². The molecule has 2 nitrogen and oxygen atoms in total. The molecular weight excluding hydrogens is 257 g/mol. The molecule has 2 rings (SSSR count). The van der Waals surface area contributed by atoms with Crippen molar-refractivity contribution in [2.45, 2.75) is 6.92 Å². The van der Waals surface area contributed by atoms with E-state index in [1.54, 1.807) is 12.3 Å². The fourth-order valence-electron chi connectivity index (χ4n) is 1.56. The largest absolute Gasteiger partial charge is 0.478 e. The van der Waals surface area contributed by atoms with Crippen LogP contribution in [0.15, 0.2) is 36.5 Å². The number of ether oxygens (including phenoxy) is 1. The van der Waals surface area contributed by atoms with Crippen molar-refractivity contribution >= 4 is 23.2 Å². The predicted octanol–water partition coefficient (Wildman–Crippen LogP) is 4.45. The first-order valence-corrected chi connectivity index (χ1v) is 6.01. The summed E-state index contributed by atoms with van der Waals surface area (Å²) in [5.74, 6) is 0.569. The fraction of sp³-hybridized carbons (Fsp3) is 0.154. The molecule has 4 heteroatoms. The molecule has 0 bridgehead atoms. The van der Waals surface area contributed by atoms with Crippen LogP contribution in [-0.2, 0) is 0 Å². The van der Waals surface area contributed by atoms with Crippen LogP contribution in [0.5, 0.6) is 5.88 Å². The maximum Gasteiger partial charge on any atom is 0.221 e. The van der Waals surface area contributed by atoms with Crippen molar-refractivity contribution in [3.05, 3.63) is 46.6 Å². The van der Waals surface area contributed by atoms with Crippen LogP contribution >= 0.6 is 23.2 Å². The number of aromatic nitrogens is 1. The van der Waals surface area contributed by atoms with Gasteiger partial charge in [0, 0.05) is 17.3 Å². The lowest BCUT2D eigenvalue weighted by Crippen LogP contribution is -1.96. The summed E-state index contributed by atoms with van der Waals surface area (Å²) in [4.78, 5) is 4.19. The molecule has 1 heterocycles. The first-order chi connectivity index (χ1) is 8.24. The molecule has 0 fully saturated rings. The number of halogens is 2. The second-order valence-electron chi connectivity index (χ2n) is 3.39. The Labute approximate surface area is 110 Å². The Morgan fingerprint density at radius 2 is 1.88 bits per heavy atom. The van der Waals surface area contributed by atoms with Gasteiger partial charge in [-0.15, -0.1) is 0 Å². The smallest absolute Gasteiger partial charge is 0.221 e. The van der Waals surface area contributed by atoms with E-state index in [9.17, 15) is 0 Å². The van der Waals surface area contributed by atoms with Crippen molar-refractivity contribution in [1.29, 1.82) is 0 Å². The van der Waals surface area contributed by atoms with E-state index >= 15 is 0 Å². The molecule has 0 radical (unpaired) electrons. The highest BCUT2D eigenvalue weighted by Gasteiger charge is 2.12. The highest BCUT2D eigenvalue weighted by molar-refractivity contribution is 6.43. The minimum Gasteiger partial charge on any atom is -0.478 e. The minimum atomic E-state index is 0.517. The molecule has 1 aromatic heterocycles. The summed E-state index contributed by atoms with van der Waals surface area (Å²) >= 11 is 12.2. The van der Waals surface area contributed by atoms with E-state index in [1.165, 1.54) is 0 Å². The molecule has 0 saturated heterocycles. The van der Waals surface area contributed by atoms with Crippen LogP contribution in [0.25, 0.3) is 11.1 Å². The average molecular weight is 268 g/mol. The quantitative estimate of drug-likeness (QED) is 0.820. The highest BCUT2D eigenvalue weighted by atomic mass is 35.5. The van der Waals surface area contributed by atoms with E-state index in [2.05, 4.69) is 4.98 Å². The van der Waals surface area contributed by atoms with Crippen molar-refractivity contribution in [2.24, 2.45) is 0 Å².